The van der Waals surface area contributed by atoms with Gasteiger partial charge in [-0.1, -0.05) is 23.2 Å². The van der Waals surface area contributed by atoms with Crippen molar-refractivity contribution in [2.75, 3.05) is 7.11 Å². The van der Waals surface area contributed by atoms with Gasteiger partial charge in [-0.25, -0.2) is 0 Å². The van der Waals surface area contributed by atoms with Gasteiger partial charge in [-0.2, -0.15) is 5.26 Å². The zero-order chi connectivity index (χ0) is 11.7. The van der Waals surface area contributed by atoms with Crippen LogP contribution in [0.4, 0.5) is 0 Å². The van der Waals surface area contributed by atoms with Crippen molar-refractivity contribution in [2.45, 2.75) is 0 Å². The molecule has 0 aliphatic carbocycles. The third kappa shape index (κ3) is 1.67. The molecule has 0 atom stereocenters. The molecule has 0 N–H and O–H groups in total. The highest BCUT2D eigenvalue weighted by Gasteiger charge is 2.10. The fourth-order valence-electron chi connectivity index (χ4n) is 1.40. The number of nitrogens with zero attached hydrogens (tertiary/aromatic N) is 2. The van der Waals surface area contributed by atoms with Crippen LogP contribution in [-0.2, 0) is 0 Å². The molecule has 1 aromatic carbocycles. The predicted molar refractivity (Wildman–Crippen MR) is 63.0 cm³/mol. The molecule has 0 amide bonds. The number of aromatic nitrogens is 1. The lowest BCUT2D eigenvalue weighted by molar-refractivity contribution is 0.415. The molecule has 0 aliphatic heterocycles. The van der Waals surface area contributed by atoms with Gasteiger partial charge in [0.05, 0.1) is 28.2 Å². The summed E-state index contributed by atoms with van der Waals surface area (Å²) in [5, 5.41) is 10.3. The molecule has 0 aliphatic rings. The van der Waals surface area contributed by atoms with Gasteiger partial charge in [0.15, 0.2) is 0 Å². The largest absolute Gasteiger partial charge is 0.495 e. The van der Waals surface area contributed by atoms with Crippen molar-refractivity contribution in [1.29, 1.82) is 5.26 Å². The zero-order valence-corrected chi connectivity index (χ0v) is 9.80. The van der Waals surface area contributed by atoms with Crippen LogP contribution >= 0.6 is 23.2 Å². The summed E-state index contributed by atoms with van der Waals surface area (Å²) < 4.78 is 5.08. The minimum Gasteiger partial charge on any atom is -0.495 e. The van der Waals surface area contributed by atoms with E-state index in [-0.39, 0.29) is 0 Å². The van der Waals surface area contributed by atoms with E-state index in [1.165, 1.54) is 13.3 Å². The van der Waals surface area contributed by atoms with Crippen LogP contribution in [0.1, 0.15) is 5.56 Å². The number of pyridine rings is 1. The van der Waals surface area contributed by atoms with Crippen LogP contribution < -0.4 is 4.74 Å². The second kappa shape index (κ2) is 4.17. The lowest BCUT2D eigenvalue weighted by Crippen LogP contribution is -1.89. The summed E-state index contributed by atoms with van der Waals surface area (Å²) in [6.45, 7) is 0. The Hall–Kier alpha value is -1.50. The number of hydrogen-bond acceptors (Lipinski definition) is 3. The molecule has 16 heavy (non-hydrogen) atoms. The molecular formula is C11H6Cl2N2O. The summed E-state index contributed by atoms with van der Waals surface area (Å²) in [5.41, 5.74) is 0.966. The van der Waals surface area contributed by atoms with Crippen molar-refractivity contribution in [3.8, 4) is 11.8 Å². The summed E-state index contributed by atoms with van der Waals surface area (Å²) in [7, 11) is 1.52. The first-order valence-electron chi connectivity index (χ1n) is 4.39. The minimum absolute atomic E-state index is 0.332. The Bertz CT molecular complexity index is 605. The highest BCUT2D eigenvalue weighted by Crippen LogP contribution is 2.33. The second-order valence-electron chi connectivity index (χ2n) is 3.10. The van der Waals surface area contributed by atoms with Crippen molar-refractivity contribution in [3.05, 3.63) is 33.9 Å². The second-order valence-corrected chi connectivity index (χ2v) is 3.89. The lowest BCUT2D eigenvalue weighted by atomic mass is 10.1. The van der Waals surface area contributed by atoms with E-state index in [2.05, 4.69) is 4.98 Å². The first-order chi connectivity index (χ1) is 7.67. The van der Waals surface area contributed by atoms with Crippen molar-refractivity contribution < 1.29 is 4.74 Å². The molecule has 0 fully saturated rings. The van der Waals surface area contributed by atoms with Gasteiger partial charge in [-0.3, -0.25) is 4.98 Å². The van der Waals surface area contributed by atoms with Gasteiger partial charge in [-0.05, 0) is 12.1 Å². The maximum atomic E-state index is 8.83. The van der Waals surface area contributed by atoms with Gasteiger partial charge in [0, 0.05) is 11.6 Å². The van der Waals surface area contributed by atoms with Gasteiger partial charge in [-0.15, -0.1) is 0 Å². The van der Waals surface area contributed by atoms with Crippen LogP contribution in [-0.4, -0.2) is 12.1 Å². The molecule has 0 saturated carbocycles. The molecule has 0 bridgehead atoms. The van der Waals surface area contributed by atoms with Crippen LogP contribution in [0, 0.1) is 11.3 Å². The Kier molecular flexibility index (Phi) is 2.86. The van der Waals surface area contributed by atoms with E-state index >= 15 is 0 Å². The fourth-order valence-corrected chi connectivity index (χ4v) is 1.87. The fraction of sp³-hybridized carbons (Fsp3) is 0.0909. The maximum Gasteiger partial charge on any atom is 0.138 e. The van der Waals surface area contributed by atoms with Gasteiger partial charge < -0.3 is 4.74 Å². The SMILES string of the molecule is COc1cc2c(Cl)c(C#N)cnc2cc1Cl. The number of fused-ring (bicyclic) bond motifs is 1. The van der Waals surface area contributed by atoms with Gasteiger partial charge >= 0.3 is 0 Å². The standard InChI is InChI=1S/C11H6Cl2N2O/c1-16-10-2-7-9(3-8(10)12)15-5-6(4-14)11(7)13/h2-3,5H,1H3. The van der Waals surface area contributed by atoms with E-state index in [1.807, 2.05) is 6.07 Å². The molecule has 3 nitrogen and oxygen atoms in total. The number of rotatable bonds is 1. The molecule has 0 spiro atoms. The molecular weight excluding hydrogens is 247 g/mol. The number of nitriles is 1. The van der Waals surface area contributed by atoms with Gasteiger partial charge in [0.25, 0.3) is 0 Å². The Morgan fingerprint density at radius 2 is 2.12 bits per heavy atom. The Morgan fingerprint density at radius 1 is 1.38 bits per heavy atom. The van der Waals surface area contributed by atoms with E-state index in [0.717, 1.165) is 0 Å². The first kappa shape index (κ1) is 11.0. The topological polar surface area (TPSA) is 45.9 Å². The number of halogens is 2. The average molecular weight is 253 g/mol. The van der Waals surface area contributed by atoms with Crippen LogP contribution in [0.15, 0.2) is 18.3 Å². The number of benzene rings is 1. The molecule has 80 valence electrons. The summed E-state index contributed by atoms with van der Waals surface area (Å²) >= 11 is 12.0. The van der Waals surface area contributed by atoms with Crippen LogP contribution in [0.2, 0.25) is 10.0 Å². The summed E-state index contributed by atoms with van der Waals surface area (Å²) in [6, 6.07) is 5.30. The monoisotopic (exact) mass is 252 g/mol. The molecule has 0 unspecified atom stereocenters. The Labute approximate surface area is 102 Å². The van der Waals surface area contributed by atoms with Gasteiger partial charge in [0.1, 0.15) is 11.8 Å². The van der Waals surface area contributed by atoms with Gasteiger partial charge in [0.2, 0.25) is 0 Å². The maximum absolute atomic E-state index is 8.83. The van der Waals surface area contributed by atoms with Crippen molar-refractivity contribution in [2.24, 2.45) is 0 Å². The van der Waals surface area contributed by atoms with E-state index in [4.69, 9.17) is 33.2 Å². The van der Waals surface area contributed by atoms with E-state index in [0.29, 0.717) is 32.3 Å². The Balaban J connectivity index is 2.83. The average Bonchev–Trinajstić information content (AvgIpc) is 2.29. The van der Waals surface area contributed by atoms with Crippen molar-refractivity contribution in [3.63, 3.8) is 0 Å². The molecule has 2 rings (SSSR count). The molecule has 1 heterocycles. The molecule has 0 radical (unpaired) electrons. The summed E-state index contributed by atoms with van der Waals surface area (Å²) in [4.78, 5) is 4.10. The predicted octanol–water partition coefficient (Wildman–Crippen LogP) is 3.42. The highest BCUT2D eigenvalue weighted by atomic mass is 35.5. The third-order valence-electron chi connectivity index (χ3n) is 2.20. The molecule has 5 heteroatoms. The third-order valence-corrected chi connectivity index (χ3v) is 2.90. The lowest BCUT2D eigenvalue weighted by Gasteiger charge is -2.06. The van der Waals surface area contributed by atoms with Crippen molar-refractivity contribution >= 4 is 34.1 Å². The minimum atomic E-state index is 0.332. The van der Waals surface area contributed by atoms with Crippen LogP contribution in [0.25, 0.3) is 10.9 Å². The smallest absolute Gasteiger partial charge is 0.138 e. The van der Waals surface area contributed by atoms with E-state index < -0.39 is 0 Å². The van der Waals surface area contributed by atoms with E-state index in [1.54, 1.807) is 12.1 Å². The normalized spacial score (nSPS) is 10.1. The van der Waals surface area contributed by atoms with Crippen molar-refractivity contribution in [1.82, 2.24) is 4.98 Å². The molecule has 1 aromatic heterocycles. The summed E-state index contributed by atoms with van der Waals surface area (Å²) in [6.07, 6.45) is 1.42. The van der Waals surface area contributed by atoms with E-state index in [9.17, 15) is 0 Å². The zero-order valence-electron chi connectivity index (χ0n) is 8.29. The Morgan fingerprint density at radius 3 is 2.75 bits per heavy atom. The first-order valence-corrected chi connectivity index (χ1v) is 5.15. The molecule has 2 aromatic rings. The highest BCUT2D eigenvalue weighted by molar-refractivity contribution is 6.37. The quantitative estimate of drug-likeness (QED) is 0.782. The van der Waals surface area contributed by atoms with Crippen LogP contribution in [0.3, 0.4) is 0 Å². The number of methoxy groups -OCH3 is 1. The molecule has 0 saturated heterocycles. The number of ether oxygens (including phenoxy) is 1. The van der Waals surface area contributed by atoms with Crippen LogP contribution in [0.5, 0.6) is 5.75 Å². The number of hydrogen-bond donors (Lipinski definition) is 0. The summed E-state index contributed by atoms with van der Waals surface area (Å²) in [5.74, 6) is 0.507.